The van der Waals surface area contributed by atoms with Crippen LogP contribution in [0.1, 0.15) is 12.5 Å². The first-order valence-corrected chi connectivity index (χ1v) is 10.8. The number of benzene rings is 2. The summed E-state index contributed by atoms with van der Waals surface area (Å²) in [7, 11) is 0. The molecule has 0 unspecified atom stereocenters. The number of carbonyl (C=O) groups is 1. The number of rotatable bonds is 8. The topological polar surface area (TPSA) is 85.9 Å². The van der Waals surface area contributed by atoms with E-state index in [9.17, 15) is 9.90 Å². The maximum atomic E-state index is 11.1. The van der Waals surface area contributed by atoms with Gasteiger partial charge in [-0.25, -0.2) is 0 Å². The Balaban J connectivity index is 1.16. The summed E-state index contributed by atoms with van der Waals surface area (Å²) in [6.07, 6.45) is -0.513. The fourth-order valence-electron chi connectivity index (χ4n) is 4.10. The number of nitrogens with one attached hydrogen (secondary N) is 3. The van der Waals surface area contributed by atoms with E-state index >= 15 is 0 Å². The molecular weight excluding hydrogens is 398 g/mol. The molecule has 31 heavy (non-hydrogen) atoms. The molecule has 0 saturated carbocycles. The van der Waals surface area contributed by atoms with Gasteiger partial charge in [-0.3, -0.25) is 4.79 Å². The van der Waals surface area contributed by atoms with Gasteiger partial charge in [0.25, 0.3) is 0 Å². The van der Waals surface area contributed by atoms with E-state index in [0.29, 0.717) is 19.1 Å². The highest BCUT2D eigenvalue weighted by molar-refractivity contribution is 5.88. The second kappa shape index (κ2) is 10.00. The van der Waals surface area contributed by atoms with E-state index in [2.05, 4.69) is 17.4 Å². The number of fused-ring (bicyclic) bond motifs is 1. The van der Waals surface area contributed by atoms with Gasteiger partial charge in [0.05, 0.1) is 0 Å². The molecule has 0 aliphatic carbocycles. The van der Waals surface area contributed by atoms with Crippen molar-refractivity contribution in [3.63, 3.8) is 0 Å². The highest BCUT2D eigenvalue weighted by atomic mass is 16.7. The molecule has 1 saturated heterocycles. The Kier molecular flexibility index (Phi) is 6.91. The van der Waals surface area contributed by atoms with E-state index in [1.807, 2.05) is 6.07 Å². The number of quaternary nitrogens is 2. The fraction of sp³-hybridized carbons (Fsp3) is 0.435. The lowest BCUT2D eigenvalue weighted by Crippen LogP contribution is -3.28. The first kappa shape index (κ1) is 21.4. The van der Waals surface area contributed by atoms with Crippen molar-refractivity contribution in [1.82, 2.24) is 0 Å². The minimum atomic E-state index is -0.513. The molecule has 1 amide bonds. The number of aliphatic hydroxyl groups excluding tert-OH is 1. The van der Waals surface area contributed by atoms with Crippen molar-refractivity contribution < 1.29 is 33.9 Å². The number of amides is 1. The van der Waals surface area contributed by atoms with Gasteiger partial charge in [-0.15, -0.1) is 0 Å². The molecule has 0 bridgehead atoms. The van der Waals surface area contributed by atoms with Crippen LogP contribution < -0.4 is 29.3 Å². The SMILES string of the molecule is CC(=O)Nc1ccc(OC[C@H](O)C[NH+]2CC[NH+](Cc3ccc4c(c3)OCO4)CC2)cc1. The van der Waals surface area contributed by atoms with E-state index in [4.69, 9.17) is 14.2 Å². The zero-order chi connectivity index (χ0) is 21.6. The van der Waals surface area contributed by atoms with E-state index in [0.717, 1.165) is 49.9 Å². The molecular formula is C23H31N3O5+2. The van der Waals surface area contributed by atoms with Gasteiger partial charge in [0.1, 0.15) is 57.7 Å². The lowest BCUT2D eigenvalue weighted by atomic mass is 10.1. The van der Waals surface area contributed by atoms with Crippen LogP contribution in [0.4, 0.5) is 5.69 Å². The first-order valence-electron chi connectivity index (χ1n) is 10.8. The van der Waals surface area contributed by atoms with Crippen LogP contribution >= 0.6 is 0 Å². The molecule has 2 heterocycles. The van der Waals surface area contributed by atoms with Crippen molar-refractivity contribution in [1.29, 1.82) is 0 Å². The summed E-state index contributed by atoms with van der Waals surface area (Å²) >= 11 is 0. The fourth-order valence-corrected chi connectivity index (χ4v) is 4.10. The van der Waals surface area contributed by atoms with Crippen molar-refractivity contribution in [2.45, 2.75) is 19.6 Å². The van der Waals surface area contributed by atoms with E-state index in [1.54, 1.807) is 29.2 Å². The summed E-state index contributed by atoms with van der Waals surface area (Å²) in [4.78, 5) is 14.0. The Morgan fingerprint density at radius 2 is 1.77 bits per heavy atom. The van der Waals surface area contributed by atoms with Gasteiger partial charge in [-0.1, -0.05) is 0 Å². The number of hydrogen-bond donors (Lipinski definition) is 4. The minimum Gasteiger partial charge on any atom is -0.491 e. The maximum absolute atomic E-state index is 11.1. The molecule has 2 aliphatic rings. The Bertz CT molecular complexity index is 881. The second-order valence-corrected chi connectivity index (χ2v) is 8.24. The summed E-state index contributed by atoms with van der Waals surface area (Å²) in [6, 6.07) is 13.4. The smallest absolute Gasteiger partial charge is 0.231 e. The third-order valence-corrected chi connectivity index (χ3v) is 5.70. The van der Waals surface area contributed by atoms with Crippen LogP contribution in [-0.4, -0.2) is 63.2 Å². The Morgan fingerprint density at radius 1 is 1.06 bits per heavy atom. The number of hydrogen-bond acceptors (Lipinski definition) is 5. The van der Waals surface area contributed by atoms with Crippen molar-refractivity contribution >= 4 is 11.6 Å². The normalized spacial score (nSPS) is 20.8. The predicted octanol–water partition coefficient (Wildman–Crippen LogP) is -0.903. The van der Waals surface area contributed by atoms with Crippen LogP contribution in [0.25, 0.3) is 0 Å². The number of ether oxygens (including phenoxy) is 3. The van der Waals surface area contributed by atoms with Crippen molar-refractivity contribution in [3.8, 4) is 17.2 Å². The zero-order valence-corrected chi connectivity index (χ0v) is 17.9. The predicted molar refractivity (Wildman–Crippen MR) is 115 cm³/mol. The van der Waals surface area contributed by atoms with E-state index in [-0.39, 0.29) is 12.5 Å². The van der Waals surface area contributed by atoms with Crippen molar-refractivity contribution in [3.05, 3.63) is 48.0 Å². The largest absolute Gasteiger partial charge is 0.491 e. The standard InChI is InChI=1S/C23H29N3O5/c1-17(27)24-19-3-5-21(6-4-19)29-15-20(28)14-26-10-8-25(9-11-26)13-18-2-7-22-23(12-18)31-16-30-22/h2-7,12,20,28H,8-11,13-16H2,1H3,(H,24,27)/p+2/t20-/m1/s1. The van der Waals surface area contributed by atoms with Gasteiger partial charge < -0.3 is 34.4 Å². The Hall–Kier alpha value is -2.81. The van der Waals surface area contributed by atoms with Gasteiger partial charge in [-0.05, 0) is 42.5 Å². The molecule has 2 aromatic carbocycles. The third kappa shape index (κ3) is 6.10. The quantitative estimate of drug-likeness (QED) is 0.437. The number of aliphatic hydroxyl groups is 1. The number of piperazine rings is 1. The molecule has 1 fully saturated rings. The molecule has 0 radical (unpaired) electrons. The van der Waals surface area contributed by atoms with Gasteiger partial charge in [0, 0.05) is 18.2 Å². The summed E-state index contributed by atoms with van der Waals surface area (Å²) in [5, 5.41) is 13.1. The Labute approximate surface area is 182 Å². The molecule has 4 rings (SSSR count). The van der Waals surface area contributed by atoms with Crippen molar-refractivity contribution in [2.75, 3.05) is 51.4 Å². The van der Waals surface area contributed by atoms with Crippen molar-refractivity contribution in [2.24, 2.45) is 0 Å². The summed E-state index contributed by atoms with van der Waals surface area (Å²) in [6.45, 7) is 7.90. The van der Waals surface area contributed by atoms with Crippen LogP contribution in [0, 0.1) is 0 Å². The average Bonchev–Trinajstić information content (AvgIpc) is 3.22. The highest BCUT2D eigenvalue weighted by Gasteiger charge is 2.26. The van der Waals surface area contributed by atoms with Crippen LogP contribution in [0.3, 0.4) is 0 Å². The second-order valence-electron chi connectivity index (χ2n) is 8.24. The molecule has 2 aromatic rings. The van der Waals surface area contributed by atoms with E-state index < -0.39 is 6.10 Å². The first-order chi connectivity index (χ1) is 15.0. The average molecular weight is 430 g/mol. The van der Waals surface area contributed by atoms with Crippen LogP contribution in [0.2, 0.25) is 0 Å². The van der Waals surface area contributed by atoms with Crippen LogP contribution in [-0.2, 0) is 11.3 Å². The van der Waals surface area contributed by atoms with Crippen LogP contribution in [0.5, 0.6) is 17.2 Å². The Morgan fingerprint density at radius 3 is 2.52 bits per heavy atom. The summed E-state index contributed by atoms with van der Waals surface area (Å²) in [5.74, 6) is 2.24. The van der Waals surface area contributed by atoms with Crippen LogP contribution in [0.15, 0.2) is 42.5 Å². The summed E-state index contributed by atoms with van der Waals surface area (Å²) in [5.41, 5.74) is 1.99. The molecule has 0 aromatic heterocycles. The minimum absolute atomic E-state index is 0.107. The molecule has 8 heteroatoms. The lowest BCUT2D eigenvalue weighted by molar-refractivity contribution is -1.02. The number of carbonyl (C=O) groups excluding carboxylic acids is 1. The zero-order valence-electron chi connectivity index (χ0n) is 17.9. The lowest BCUT2D eigenvalue weighted by Gasteiger charge is -2.30. The summed E-state index contributed by atoms with van der Waals surface area (Å²) < 4.78 is 16.6. The molecule has 1 atom stereocenters. The molecule has 8 nitrogen and oxygen atoms in total. The molecule has 2 aliphatic heterocycles. The number of anilines is 1. The molecule has 4 N–H and O–H groups in total. The third-order valence-electron chi connectivity index (χ3n) is 5.70. The van der Waals surface area contributed by atoms with Gasteiger partial charge in [-0.2, -0.15) is 0 Å². The van der Waals surface area contributed by atoms with Gasteiger partial charge >= 0.3 is 0 Å². The molecule has 166 valence electrons. The highest BCUT2D eigenvalue weighted by Crippen LogP contribution is 2.32. The maximum Gasteiger partial charge on any atom is 0.231 e. The monoisotopic (exact) mass is 429 g/mol. The van der Waals surface area contributed by atoms with Gasteiger partial charge in [0.15, 0.2) is 11.5 Å². The van der Waals surface area contributed by atoms with Gasteiger partial charge in [0.2, 0.25) is 12.7 Å². The van der Waals surface area contributed by atoms with E-state index in [1.165, 1.54) is 17.4 Å². The molecule has 0 spiro atoms.